The first kappa shape index (κ1) is 26.5. The number of alkyl halides is 3. The lowest BCUT2D eigenvalue weighted by atomic mass is 10.1. The van der Waals surface area contributed by atoms with Gasteiger partial charge in [-0.15, -0.1) is 0 Å². The monoisotopic (exact) mass is 553 g/mol. The third-order valence-electron chi connectivity index (χ3n) is 5.89. The van der Waals surface area contributed by atoms with Crippen LogP contribution in [-0.4, -0.2) is 43.3 Å². The zero-order valence-electron chi connectivity index (χ0n) is 21.2. The van der Waals surface area contributed by atoms with E-state index in [2.05, 4.69) is 25.8 Å². The minimum Gasteiger partial charge on any atom is -0.497 e. The SMILES string of the molecule is CCn1cc(NC(=O)c2cc3nc(-c4ccc(OC)cc4)cc(C(F)(F)F)n3n2)c(C(=O)NCc2ccco2)n1. The van der Waals surface area contributed by atoms with Gasteiger partial charge in [-0.05, 0) is 49.4 Å². The van der Waals surface area contributed by atoms with Crippen LogP contribution in [0.3, 0.4) is 0 Å². The first-order valence-electron chi connectivity index (χ1n) is 12.0. The molecule has 5 rings (SSSR count). The van der Waals surface area contributed by atoms with E-state index in [0.29, 0.717) is 28.1 Å². The van der Waals surface area contributed by atoms with Gasteiger partial charge in [0.2, 0.25) is 0 Å². The molecule has 0 unspecified atom stereocenters. The summed E-state index contributed by atoms with van der Waals surface area (Å²) in [6, 6.07) is 11.7. The lowest BCUT2D eigenvalue weighted by Gasteiger charge is -2.11. The van der Waals surface area contributed by atoms with Crippen molar-refractivity contribution in [1.29, 1.82) is 0 Å². The normalized spacial score (nSPS) is 11.5. The summed E-state index contributed by atoms with van der Waals surface area (Å²) in [7, 11) is 1.48. The molecule has 0 saturated carbocycles. The molecule has 0 bridgehead atoms. The van der Waals surface area contributed by atoms with Crippen molar-refractivity contribution in [2.45, 2.75) is 26.2 Å². The average molecular weight is 554 g/mol. The number of anilines is 1. The van der Waals surface area contributed by atoms with E-state index in [0.717, 1.165) is 12.1 Å². The van der Waals surface area contributed by atoms with Crippen molar-refractivity contribution in [3.8, 4) is 17.0 Å². The van der Waals surface area contributed by atoms with Gasteiger partial charge in [-0.1, -0.05) is 0 Å². The molecule has 5 aromatic rings. The lowest BCUT2D eigenvalue weighted by molar-refractivity contribution is -0.142. The number of hydrogen-bond donors (Lipinski definition) is 2. The summed E-state index contributed by atoms with van der Waals surface area (Å²) >= 11 is 0. The summed E-state index contributed by atoms with van der Waals surface area (Å²) in [5.41, 5.74) is -1.21. The maximum Gasteiger partial charge on any atom is 0.433 e. The van der Waals surface area contributed by atoms with Crippen LogP contribution in [0.5, 0.6) is 5.75 Å². The van der Waals surface area contributed by atoms with Crippen molar-refractivity contribution in [2.24, 2.45) is 0 Å². The topological polar surface area (TPSA) is 129 Å². The molecule has 0 aliphatic rings. The highest BCUT2D eigenvalue weighted by molar-refractivity contribution is 6.07. The number of aromatic nitrogens is 5. The number of amides is 2. The van der Waals surface area contributed by atoms with Crippen molar-refractivity contribution in [2.75, 3.05) is 12.4 Å². The zero-order chi connectivity index (χ0) is 28.4. The Balaban J connectivity index is 1.45. The molecule has 206 valence electrons. The van der Waals surface area contributed by atoms with E-state index in [9.17, 15) is 22.8 Å². The number of carbonyl (C=O) groups excluding carboxylic acids is 2. The zero-order valence-corrected chi connectivity index (χ0v) is 21.2. The predicted octanol–water partition coefficient (Wildman–Crippen LogP) is 4.42. The first-order valence-corrected chi connectivity index (χ1v) is 12.0. The lowest BCUT2D eigenvalue weighted by Crippen LogP contribution is -2.25. The van der Waals surface area contributed by atoms with Crippen molar-refractivity contribution in [3.63, 3.8) is 0 Å². The van der Waals surface area contributed by atoms with Gasteiger partial charge < -0.3 is 19.8 Å². The van der Waals surface area contributed by atoms with Gasteiger partial charge >= 0.3 is 6.18 Å². The molecule has 4 heterocycles. The van der Waals surface area contributed by atoms with Crippen LogP contribution >= 0.6 is 0 Å². The van der Waals surface area contributed by atoms with Crippen LogP contribution in [0.15, 0.2) is 65.4 Å². The minimum absolute atomic E-state index is 0.0362. The number of benzene rings is 1. The molecular weight excluding hydrogens is 531 g/mol. The summed E-state index contributed by atoms with van der Waals surface area (Å²) in [5.74, 6) is -0.385. The Morgan fingerprint density at radius 2 is 1.85 bits per heavy atom. The second-order valence-electron chi connectivity index (χ2n) is 8.52. The number of fused-ring (bicyclic) bond motifs is 1. The molecule has 1 aromatic carbocycles. The molecule has 0 radical (unpaired) electrons. The number of carbonyl (C=O) groups is 2. The number of ether oxygens (including phenoxy) is 1. The summed E-state index contributed by atoms with van der Waals surface area (Å²) in [4.78, 5) is 30.2. The summed E-state index contributed by atoms with van der Waals surface area (Å²) in [6.07, 6.45) is -1.88. The van der Waals surface area contributed by atoms with Crippen LogP contribution in [0.4, 0.5) is 18.9 Å². The molecule has 0 aliphatic heterocycles. The van der Waals surface area contributed by atoms with Gasteiger partial charge in [-0.2, -0.15) is 23.4 Å². The van der Waals surface area contributed by atoms with Crippen LogP contribution in [0.2, 0.25) is 0 Å². The number of furan rings is 1. The highest BCUT2D eigenvalue weighted by Gasteiger charge is 2.36. The molecule has 2 N–H and O–H groups in total. The molecule has 4 aromatic heterocycles. The Hall–Kier alpha value is -5.14. The molecule has 11 nitrogen and oxygen atoms in total. The van der Waals surface area contributed by atoms with Gasteiger partial charge in [0, 0.05) is 24.4 Å². The van der Waals surface area contributed by atoms with E-state index >= 15 is 0 Å². The second kappa shape index (κ2) is 10.6. The fourth-order valence-corrected chi connectivity index (χ4v) is 3.89. The van der Waals surface area contributed by atoms with E-state index in [4.69, 9.17) is 9.15 Å². The van der Waals surface area contributed by atoms with Crippen LogP contribution in [-0.2, 0) is 19.3 Å². The molecular formula is C26H22F3N7O4. The molecule has 14 heteroatoms. The van der Waals surface area contributed by atoms with E-state index in [1.807, 2.05) is 0 Å². The fourth-order valence-electron chi connectivity index (χ4n) is 3.89. The van der Waals surface area contributed by atoms with Gasteiger partial charge in [0.15, 0.2) is 22.7 Å². The van der Waals surface area contributed by atoms with Gasteiger partial charge in [0.25, 0.3) is 11.8 Å². The van der Waals surface area contributed by atoms with Crippen molar-refractivity contribution in [1.82, 2.24) is 29.7 Å². The number of rotatable bonds is 8. The highest BCUT2D eigenvalue weighted by atomic mass is 19.4. The maximum absolute atomic E-state index is 14.0. The molecule has 2 amide bonds. The van der Waals surface area contributed by atoms with Crippen molar-refractivity contribution < 1.29 is 31.9 Å². The highest BCUT2D eigenvalue weighted by Crippen LogP contribution is 2.33. The van der Waals surface area contributed by atoms with Crippen LogP contribution in [0.25, 0.3) is 16.9 Å². The Labute approximate surface area is 224 Å². The number of nitrogens with one attached hydrogen (secondary N) is 2. The smallest absolute Gasteiger partial charge is 0.433 e. The Morgan fingerprint density at radius 1 is 1.07 bits per heavy atom. The number of halogens is 3. The van der Waals surface area contributed by atoms with E-state index < -0.39 is 23.7 Å². The van der Waals surface area contributed by atoms with Gasteiger partial charge in [-0.25, -0.2) is 9.50 Å². The van der Waals surface area contributed by atoms with Crippen molar-refractivity contribution >= 4 is 23.1 Å². The molecule has 0 spiro atoms. The summed E-state index contributed by atoms with van der Waals surface area (Å²) in [6.45, 7) is 2.28. The molecule has 40 heavy (non-hydrogen) atoms. The van der Waals surface area contributed by atoms with E-state index in [1.54, 1.807) is 43.3 Å². The quantitative estimate of drug-likeness (QED) is 0.291. The van der Waals surface area contributed by atoms with Gasteiger partial charge in [-0.3, -0.25) is 14.3 Å². The number of methoxy groups -OCH3 is 1. The number of hydrogen-bond acceptors (Lipinski definition) is 7. The second-order valence-corrected chi connectivity index (χ2v) is 8.52. The van der Waals surface area contributed by atoms with Crippen LogP contribution < -0.4 is 15.4 Å². The van der Waals surface area contributed by atoms with E-state index in [-0.39, 0.29) is 35.0 Å². The Morgan fingerprint density at radius 3 is 2.50 bits per heavy atom. The largest absolute Gasteiger partial charge is 0.497 e. The summed E-state index contributed by atoms with van der Waals surface area (Å²) in [5, 5.41) is 13.2. The maximum atomic E-state index is 14.0. The van der Waals surface area contributed by atoms with Crippen molar-refractivity contribution in [3.05, 3.63) is 83.8 Å². The third kappa shape index (κ3) is 5.36. The molecule has 0 saturated heterocycles. The standard InChI is InChI=1S/C26H22F3N7O4/c1-3-35-14-20(23(34-35)25(38)30-13-17-5-4-10-40-17)32-24(37)19-12-22-31-18(15-6-8-16(39-2)9-7-15)11-21(26(27,28)29)36(22)33-19/h4-12,14H,3,13H2,1-2H3,(H,30,38)(H,32,37). The van der Waals surface area contributed by atoms with E-state index in [1.165, 1.54) is 24.3 Å². The summed E-state index contributed by atoms with van der Waals surface area (Å²) < 4.78 is 54.2. The Bertz CT molecular complexity index is 1670. The fraction of sp³-hybridized carbons (Fsp3) is 0.192. The van der Waals surface area contributed by atoms with Gasteiger partial charge in [0.1, 0.15) is 11.5 Å². The molecule has 0 fully saturated rings. The first-order chi connectivity index (χ1) is 19.2. The Kier molecular flexibility index (Phi) is 6.98. The number of nitrogens with zero attached hydrogens (tertiary/aromatic N) is 5. The minimum atomic E-state index is -4.79. The molecule has 0 atom stereocenters. The third-order valence-corrected chi connectivity index (χ3v) is 5.89. The average Bonchev–Trinajstić information content (AvgIpc) is 3.70. The van der Waals surface area contributed by atoms with Crippen LogP contribution in [0.1, 0.15) is 39.4 Å². The number of aryl methyl sites for hydroxylation is 1. The molecule has 0 aliphatic carbocycles. The van der Waals surface area contributed by atoms with Crippen LogP contribution in [0, 0.1) is 0 Å². The predicted molar refractivity (Wildman–Crippen MR) is 136 cm³/mol. The van der Waals surface area contributed by atoms with Gasteiger partial charge in [0.05, 0.1) is 31.3 Å².